The fourth-order valence-electron chi connectivity index (χ4n) is 2.86. The summed E-state index contributed by atoms with van der Waals surface area (Å²) in [5.74, 6) is -0.0377. The standard InChI is InChI=1S/C13H16ClN5O/c1-8-11(12(14)18(2)17-8)10-4-3-7-19(10)13(20)9-5-6-15-16-9/h5-6,10H,3-4,7H2,1-2H3,(H,15,16)/t10-/m1/s1. The number of aryl methyl sites for hydroxylation is 2. The molecule has 2 aromatic heterocycles. The van der Waals surface area contributed by atoms with Crippen molar-refractivity contribution >= 4 is 17.5 Å². The van der Waals surface area contributed by atoms with Crippen molar-refractivity contribution in [1.29, 1.82) is 0 Å². The number of nitrogens with one attached hydrogen (secondary N) is 1. The third-order valence-corrected chi connectivity index (χ3v) is 4.22. The van der Waals surface area contributed by atoms with Crippen LogP contribution < -0.4 is 0 Å². The molecule has 20 heavy (non-hydrogen) atoms. The van der Waals surface area contributed by atoms with Crippen molar-refractivity contribution in [1.82, 2.24) is 24.9 Å². The van der Waals surface area contributed by atoms with Gasteiger partial charge >= 0.3 is 0 Å². The van der Waals surface area contributed by atoms with Gasteiger partial charge in [-0.25, -0.2) is 0 Å². The first-order valence-electron chi connectivity index (χ1n) is 6.59. The second-order valence-electron chi connectivity index (χ2n) is 5.04. The molecule has 0 spiro atoms. The lowest BCUT2D eigenvalue weighted by Crippen LogP contribution is -2.31. The van der Waals surface area contributed by atoms with Crippen LogP contribution in [0.2, 0.25) is 5.15 Å². The predicted octanol–water partition coefficient (Wildman–Crippen LogP) is 2.08. The van der Waals surface area contributed by atoms with Crippen LogP contribution in [0.5, 0.6) is 0 Å². The molecule has 1 aliphatic heterocycles. The highest BCUT2D eigenvalue weighted by Gasteiger charge is 2.34. The summed E-state index contributed by atoms with van der Waals surface area (Å²) in [6.07, 6.45) is 3.46. The Hall–Kier alpha value is -1.82. The molecular formula is C13H16ClN5O. The van der Waals surface area contributed by atoms with E-state index in [1.54, 1.807) is 16.9 Å². The van der Waals surface area contributed by atoms with E-state index in [9.17, 15) is 4.79 Å². The van der Waals surface area contributed by atoms with Gasteiger partial charge in [-0.1, -0.05) is 11.6 Å². The van der Waals surface area contributed by atoms with Gasteiger partial charge in [0.2, 0.25) is 0 Å². The van der Waals surface area contributed by atoms with Gasteiger partial charge in [-0.15, -0.1) is 0 Å². The van der Waals surface area contributed by atoms with Crippen molar-refractivity contribution < 1.29 is 4.79 Å². The SMILES string of the molecule is Cc1nn(C)c(Cl)c1[C@H]1CCCN1C(=O)c1ccn[nH]1. The molecule has 0 bridgehead atoms. The van der Waals surface area contributed by atoms with Crippen LogP contribution in [0, 0.1) is 6.92 Å². The fourth-order valence-corrected chi connectivity index (χ4v) is 3.17. The molecule has 0 unspecified atom stereocenters. The van der Waals surface area contributed by atoms with Crippen LogP contribution in [-0.4, -0.2) is 37.3 Å². The topological polar surface area (TPSA) is 66.8 Å². The molecular weight excluding hydrogens is 278 g/mol. The molecule has 0 radical (unpaired) electrons. The number of halogens is 1. The van der Waals surface area contributed by atoms with Crippen molar-refractivity contribution in [3.63, 3.8) is 0 Å². The van der Waals surface area contributed by atoms with Crippen LogP contribution in [0.1, 0.15) is 40.6 Å². The van der Waals surface area contributed by atoms with Crippen molar-refractivity contribution in [2.24, 2.45) is 7.05 Å². The summed E-state index contributed by atoms with van der Waals surface area (Å²) in [5, 5.41) is 11.5. The molecule has 106 valence electrons. The maximum Gasteiger partial charge on any atom is 0.272 e. The Morgan fingerprint density at radius 2 is 2.35 bits per heavy atom. The van der Waals surface area contributed by atoms with E-state index in [0.29, 0.717) is 10.8 Å². The summed E-state index contributed by atoms with van der Waals surface area (Å²) in [6.45, 7) is 2.66. The maximum absolute atomic E-state index is 12.5. The van der Waals surface area contributed by atoms with E-state index in [0.717, 1.165) is 30.6 Å². The molecule has 6 nitrogen and oxygen atoms in total. The minimum Gasteiger partial charge on any atom is -0.330 e. The number of nitrogens with zero attached hydrogens (tertiary/aromatic N) is 4. The smallest absolute Gasteiger partial charge is 0.272 e. The first-order chi connectivity index (χ1) is 9.59. The molecule has 1 saturated heterocycles. The number of carbonyl (C=O) groups is 1. The lowest BCUT2D eigenvalue weighted by molar-refractivity contribution is 0.0729. The summed E-state index contributed by atoms with van der Waals surface area (Å²) in [7, 11) is 1.81. The van der Waals surface area contributed by atoms with Crippen molar-refractivity contribution in [2.45, 2.75) is 25.8 Å². The van der Waals surface area contributed by atoms with Gasteiger partial charge in [0, 0.05) is 25.4 Å². The van der Waals surface area contributed by atoms with Gasteiger partial charge in [0.05, 0.1) is 11.7 Å². The number of aromatic amines is 1. The predicted molar refractivity (Wildman–Crippen MR) is 74.6 cm³/mol. The molecule has 1 N–H and O–H groups in total. The van der Waals surface area contributed by atoms with Crippen LogP contribution in [-0.2, 0) is 7.05 Å². The number of likely N-dealkylation sites (tertiary alicyclic amines) is 1. The molecule has 3 rings (SSSR count). The number of rotatable bonds is 2. The fraction of sp³-hybridized carbons (Fsp3) is 0.462. The van der Waals surface area contributed by atoms with Gasteiger partial charge in [0.15, 0.2) is 0 Å². The molecule has 3 heterocycles. The van der Waals surface area contributed by atoms with E-state index in [4.69, 9.17) is 11.6 Å². The molecule has 2 aromatic rings. The summed E-state index contributed by atoms with van der Waals surface area (Å²) < 4.78 is 1.66. The minimum atomic E-state index is -0.0377. The highest BCUT2D eigenvalue weighted by atomic mass is 35.5. The molecule has 0 saturated carbocycles. The van der Waals surface area contributed by atoms with Crippen LogP contribution in [0.25, 0.3) is 0 Å². The number of H-pyrrole nitrogens is 1. The minimum absolute atomic E-state index is 0.00741. The largest absolute Gasteiger partial charge is 0.330 e. The van der Waals surface area contributed by atoms with Gasteiger partial charge in [-0.2, -0.15) is 10.2 Å². The Kier molecular flexibility index (Phi) is 3.25. The molecule has 7 heteroatoms. The molecule has 1 amide bonds. The zero-order valence-electron chi connectivity index (χ0n) is 11.4. The average molecular weight is 294 g/mol. The third-order valence-electron chi connectivity index (χ3n) is 3.77. The number of hydrogen-bond donors (Lipinski definition) is 1. The van der Waals surface area contributed by atoms with E-state index in [-0.39, 0.29) is 11.9 Å². The highest BCUT2D eigenvalue weighted by molar-refractivity contribution is 6.30. The van der Waals surface area contributed by atoms with Crippen LogP contribution >= 0.6 is 11.6 Å². The normalized spacial score (nSPS) is 18.8. The van der Waals surface area contributed by atoms with Crippen molar-refractivity contribution in [2.75, 3.05) is 6.54 Å². The average Bonchev–Trinajstić information content (AvgIpc) is 3.12. The van der Waals surface area contributed by atoms with Gasteiger partial charge in [0.25, 0.3) is 5.91 Å². The second-order valence-corrected chi connectivity index (χ2v) is 5.40. The van der Waals surface area contributed by atoms with E-state index >= 15 is 0 Å². The van der Waals surface area contributed by atoms with E-state index in [2.05, 4.69) is 15.3 Å². The Labute approximate surface area is 121 Å². The van der Waals surface area contributed by atoms with Crippen LogP contribution in [0.4, 0.5) is 0 Å². The molecule has 1 fully saturated rings. The van der Waals surface area contributed by atoms with Gasteiger partial charge < -0.3 is 4.90 Å². The number of amides is 1. The molecule has 0 aromatic carbocycles. The van der Waals surface area contributed by atoms with Gasteiger partial charge in [-0.3, -0.25) is 14.6 Å². The Morgan fingerprint density at radius 1 is 1.55 bits per heavy atom. The van der Waals surface area contributed by atoms with E-state index in [1.807, 2.05) is 18.9 Å². The maximum atomic E-state index is 12.5. The summed E-state index contributed by atoms with van der Waals surface area (Å²) in [6, 6.07) is 1.68. The van der Waals surface area contributed by atoms with Crippen molar-refractivity contribution in [3.8, 4) is 0 Å². The Bertz CT molecular complexity index is 633. The third kappa shape index (κ3) is 2.00. The van der Waals surface area contributed by atoms with E-state index in [1.165, 1.54) is 0 Å². The lowest BCUT2D eigenvalue weighted by atomic mass is 10.1. The summed E-state index contributed by atoms with van der Waals surface area (Å²) in [4.78, 5) is 14.4. The highest BCUT2D eigenvalue weighted by Crippen LogP contribution is 2.38. The summed E-state index contributed by atoms with van der Waals surface area (Å²) in [5.41, 5.74) is 2.35. The number of hydrogen-bond acceptors (Lipinski definition) is 3. The second kappa shape index (κ2) is 4.94. The van der Waals surface area contributed by atoms with E-state index < -0.39 is 0 Å². The van der Waals surface area contributed by atoms with Gasteiger partial charge in [-0.05, 0) is 25.8 Å². The molecule has 1 aliphatic rings. The number of aromatic nitrogens is 4. The first-order valence-corrected chi connectivity index (χ1v) is 6.96. The zero-order chi connectivity index (χ0) is 14.3. The Morgan fingerprint density at radius 3 is 2.95 bits per heavy atom. The molecule has 0 aliphatic carbocycles. The number of carbonyl (C=O) groups excluding carboxylic acids is 1. The molecule has 1 atom stereocenters. The van der Waals surface area contributed by atoms with Crippen LogP contribution in [0.15, 0.2) is 12.3 Å². The van der Waals surface area contributed by atoms with Gasteiger partial charge in [0.1, 0.15) is 10.8 Å². The Balaban J connectivity index is 1.95. The zero-order valence-corrected chi connectivity index (χ0v) is 12.2. The van der Waals surface area contributed by atoms with Crippen LogP contribution in [0.3, 0.4) is 0 Å². The van der Waals surface area contributed by atoms with Crippen molar-refractivity contribution in [3.05, 3.63) is 34.4 Å². The monoisotopic (exact) mass is 293 g/mol. The quantitative estimate of drug-likeness (QED) is 0.922. The lowest BCUT2D eigenvalue weighted by Gasteiger charge is -2.24. The first kappa shape index (κ1) is 13.2. The summed E-state index contributed by atoms with van der Waals surface area (Å²) >= 11 is 6.33.